The maximum absolute atomic E-state index is 12.8. The molecule has 1 aliphatic rings. The van der Waals surface area contributed by atoms with Gasteiger partial charge in [-0.25, -0.2) is 4.98 Å². The summed E-state index contributed by atoms with van der Waals surface area (Å²) in [6.07, 6.45) is -3.50. The van der Waals surface area contributed by atoms with Gasteiger partial charge >= 0.3 is 12.1 Å². The lowest BCUT2D eigenvalue weighted by molar-refractivity contribution is -0.138. The maximum Gasteiger partial charge on any atom is 0.416 e. The van der Waals surface area contributed by atoms with E-state index in [1.807, 2.05) is 25.1 Å². The molecule has 0 atom stereocenters. The van der Waals surface area contributed by atoms with Crippen molar-refractivity contribution in [2.24, 2.45) is 0 Å². The Morgan fingerprint density at radius 3 is 2.58 bits per heavy atom. The van der Waals surface area contributed by atoms with Gasteiger partial charge in [-0.15, -0.1) is 23.1 Å². The topological polar surface area (TPSA) is 70.5 Å². The number of benzene rings is 2. The van der Waals surface area contributed by atoms with E-state index in [1.54, 1.807) is 0 Å². The molecular weight excluding hydrogens is 473 g/mol. The third kappa shape index (κ3) is 5.22. The second-order valence-corrected chi connectivity index (χ2v) is 9.69. The van der Waals surface area contributed by atoms with Gasteiger partial charge in [0, 0.05) is 33.2 Å². The van der Waals surface area contributed by atoms with E-state index in [2.05, 4.69) is 4.98 Å². The van der Waals surface area contributed by atoms with Crippen LogP contribution in [0.1, 0.15) is 28.1 Å². The zero-order valence-corrected chi connectivity index (χ0v) is 19.1. The van der Waals surface area contributed by atoms with Crippen LogP contribution in [0.5, 0.6) is 0 Å². The van der Waals surface area contributed by atoms with E-state index in [4.69, 9.17) is 5.11 Å². The zero-order valence-electron chi connectivity index (χ0n) is 17.5. The Balaban J connectivity index is 1.50. The molecule has 0 aliphatic carbocycles. The first kappa shape index (κ1) is 23.3. The monoisotopic (exact) mass is 492 g/mol. The van der Waals surface area contributed by atoms with E-state index in [0.29, 0.717) is 34.9 Å². The number of aryl methyl sites for hydroxylation is 2. The summed E-state index contributed by atoms with van der Waals surface area (Å²) in [4.78, 5) is 31.1. The summed E-state index contributed by atoms with van der Waals surface area (Å²) < 4.78 is 38.4. The largest absolute Gasteiger partial charge is 0.480 e. The van der Waals surface area contributed by atoms with Crippen LogP contribution >= 0.6 is 23.1 Å². The number of rotatable bonds is 6. The molecule has 1 aromatic heterocycles. The van der Waals surface area contributed by atoms with Crippen molar-refractivity contribution in [2.45, 2.75) is 36.6 Å². The Labute approximate surface area is 196 Å². The Hall–Kier alpha value is -2.85. The average molecular weight is 493 g/mol. The van der Waals surface area contributed by atoms with Crippen LogP contribution in [-0.4, -0.2) is 28.5 Å². The molecule has 1 aliphatic heterocycles. The van der Waals surface area contributed by atoms with Crippen LogP contribution in [0.4, 0.5) is 18.9 Å². The van der Waals surface area contributed by atoms with E-state index < -0.39 is 17.7 Å². The van der Waals surface area contributed by atoms with E-state index >= 15 is 0 Å². The number of amides is 1. The highest BCUT2D eigenvalue weighted by Gasteiger charge is 2.30. The number of thioether (sulfide) groups is 1. The number of aliphatic carboxylic acids is 1. The van der Waals surface area contributed by atoms with Crippen LogP contribution in [0.2, 0.25) is 0 Å². The second kappa shape index (κ2) is 9.18. The second-order valence-electron chi connectivity index (χ2n) is 7.56. The van der Waals surface area contributed by atoms with E-state index in [9.17, 15) is 22.8 Å². The number of hydrogen-bond acceptors (Lipinski definition) is 5. The number of carboxylic acids is 1. The van der Waals surface area contributed by atoms with Gasteiger partial charge in [0.1, 0.15) is 11.6 Å². The summed E-state index contributed by atoms with van der Waals surface area (Å²) in [5, 5.41) is 9.81. The van der Waals surface area contributed by atoms with Crippen LogP contribution in [-0.2, 0) is 27.9 Å². The molecule has 0 saturated heterocycles. The highest BCUT2D eigenvalue weighted by atomic mass is 32.2. The SMILES string of the molecule is Cc1nc(-c2ccc(C(F)(F)F)cc2)sc1CSc1ccc2c(c1)N(CC(=O)O)C(=O)CC2. The number of carbonyl (C=O) groups excluding carboxylic acids is 1. The Morgan fingerprint density at radius 2 is 1.91 bits per heavy atom. The summed E-state index contributed by atoms with van der Waals surface area (Å²) in [5.74, 6) is -0.674. The smallest absolute Gasteiger partial charge is 0.416 e. The normalized spacial score (nSPS) is 13.8. The van der Waals surface area contributed by atoms with Crippen molar-refractivity contribution in [1.29, 1.82) is 0 Å². The van der Waals surface area contributed by atoms with Crippen molar-refractivity contribution in [1.82, 2.24) is 4.98 Å². The molecule has 2 aromatic carbocycles. The summed E-state index contributed by atoms with van der Waals surface area (Å²) in [5.41, 5.74) is 2.31. The van der Waals surface area contributed by atoms with E-state index in [-0.39, 0.29) is 12.5 Å². The first-order valence-electron chi connectivity index (χ1n) is 10.0. The number of alkyl halides is 3. The average Bonchev–Trinajstić information content (AvgIpc) is 3.14. The van der Waals surface area contributed by atoms with Gasteiger partial charge in [-0.05, 0) is 43.2 Å². The fourth-order valence-corrected chi connectivity index (χ4v) is 5.69. The molecule has 4 rings (SSSR count). The molecule has 0 saturated carbocycles. The number of halogens is 3. The van der Waals surface area contributed by atoms with Gasteiger partial charge in [-0.2, -0.15) is 13.2 Å². The van der Waals surface area contributed by atoms with E-state index in [1.165, 1.54) is 40.1 Å². The third-order valence-electron chi connectivity index (χ3n) is 5.27. The third-order valence-corrected chi connectivity index (χ3v) is 7.68. The first-order valence-corrected chi connectivity index (χ1v) is 11.8. The van der Waals surface area contributed by atoms with Crippen LogP contribution in [0, 0.1) is 6.92 Å². The molecule has 0 radical (unpaired) electrons. The molecular formula is C23H19F3N2O3S2. The minimum atomic E-state index is -4.38. The highest BCUT2D eigenvalue weighted by Crippen LogP contribution is 2.37. The van der Waals surface area contributed by atoms with Gasteiger partial charge in [0.15, 0.2) is 0 Å². The molecule has 2 heterocycles. The number of hydrogen-bond donors (Lipinski definition) is 1. The molecule has 0 bridgehead atoms. The molecule has 0 unspecified atom stereocenters. The van der Waals surface area contributed by atoms with Crippen molar-refractivity contribution >= 4 is 40.7 Å². The number of aromatic nitrogens is 1. The Bertz CT molecular complexity index is 1210. The molecule has 0 spiro atoms. The molecule has 10 heteroatoms. The van der Waals surface area contributed by atoms with Gasteiger partial charge < -0.3 is 10.0 Å². The molecule has 3 aromatic rings. The minimum absolute atomic E-state index is 0.202. The number of carbonyl (C=O) groups is 2. The van der Waals surface area contributed by atoms with Gasteiger partial charge in [0.2, 0.25) is 5.91 Å². The molecule has 33 heavy (non-hydrogen) atoms. The van der Waals surface area contributed by atoms with Crippen molar-refractivity contribution in [3.63, 3.8) is 0 Å². The van der Waals surface area contributed by atoms with Crippen molar-refractivity contribution in [2.75, 3.05) is 11.4 Å². The van der Waals surface area contributed by atoms with Crippen molar-refractivity contribution in [3.05, 3.63) is 64.2 Å². The number of thiazole rings is 1. The first-order chi connectivity index (χ1) is 15.6. The minimum Gasteiger partial charge on any atom is -0.480 e. The summed E-state index contributed by atoms with van der Waals surface area (Å²) >= 11 is 2.96. The van der Waals surface area contributed by atoms with Gasteiger partial charge in [-0.3, -0.25) is 9.59 Å². The van der Waals surface area contributed by atoms with Crippen LogP contribution in [0.15, 0.2) is 47.4 Å². The lowest BCUT2D eigenvalue weighted by Gasteiger charge is -2.28. The zero-order chi connectivity index (χ0) is 23.8. The fourth-order valence-electron chi connectivity index (χ4n) is 3.55. The van der Waals surface area contributed by atoms with Crippen molar-refractivity contribution < 1.29 is 27.9 Å². The molecule has 0 fully saturated rings. The number of carboxylic acid groups (broad SMARTS) is 1. The molecule has 1 N–H and O–H groups in total. The summed E-state index contributed by atoms with van der Waals surface area (Å²) in [7, 11) is 0. The highest BCUT2D eigenvalue weighted by molar-refractivity contribution is 7.98. The van der Waals surface area contributed by atoms with Crippen LogP contribution < -0.4 is 4.90 Å². The van der Waals surface area contributed by atoms with Crippen molar-refractivity contribution in [3.8, 4) is 10.6 Å². The lowest BCUT2D eigenvalue weighted by atomic mass is 10.0. The van der Waals surface area contributed by atoms with Gasteiger partial charge in [0.25, 0.3) is 0 Å². The number of anilines is 1. The van der Waals surface area contributed by atoms with Crippen LogP contribution in [0.25, 0.3) is 10.6 Å². The molecule has 172 valence electrons. The number of fused-ring (bicyclic) bond motifs is 1. The Morgan fingerprint density at radius 1 is 1.18 bits per heavy atom. The Kier molecular flexibility index (Phi) is 6.49. The summed E-state index contributed by atoms with van der Waals surface area (Å²) in [6.45, 7) is 1.49. The summed E-state index contributed by atoms with van der Waals surface area (Å²) in [6, 6.07) is 10.7. The predicted octanol–water partition coefficient (Wildman–Crippen LogP) is 5.79. The predicted molar refractivity (Wildman–Crippen MR) is 122 cm³/mol. The fraction of sp³-hybridized carbons (Fsp3) is 0.261. The lowest BCUT2D eigenvalue weighted by Crippen LogP contribution is -2.38. The van der Waals surface area contributed by atoms with E-state index in [0.717, 1.165) is 33.2 Å². The van der Waals surface area contributed by atoms with Gasteiger partial charge in [0.05, 0.1) is 11.3 Å². The molecule has 5 nitrogen and oxygen atoms in total. The standard InChI is InChI=1S/C23H19F3N2O3S2/c1-13-19(33-22(27-13)15-2-6-16(7-3-15)23(24,25)26)12-32-17-8-4-14-5-9-20(29)28(11-21(30)31)18(14)10-17/h2-4,6-8,10H,5,9,11-12H2,1H3,(H,30,31). The molecule has 1 amide bonds. The number of nitrogens with zero attached hydrogens (tertiary/aromatic N) is 2. The quantitative estimate of drug-likeness (QED) is 0.441. The van der Waals surface area contributed by atoms with Crippen LogP contribution in [0.3, 0.4) is 0 Å². The van der Waals surface area contributed by atoms with Gasteiger partial charge in [-0.1, -0.05) is 18.2 Å². The maximum atomic E-state index is 12.8.